The van der Waals surface area contributed by atoms with Crippen molar-refractivity contribution in [3.63, 3.8) is 0 Å². The van der Waals surface area contributed by atoms with Crippen LogP contribution in [0.15, 0.2) is 24.3 Å². The van der Waals surface area contributed by atoms with E-state index in [0.29, 0.717) is 0 Å². The Morgan fingerprint density at radius 1 is 1.17 bits per heavy atom. The lowest BCUT2D eigenvalue weighted by atomic mass is 9.92. The second-order valence-electron chi connectivity index (χ2n) is 8.53. The normalized spacial score (nSPS) is 24.9. The first-order valence-corrected chi connectivity index (χ1v) is 12.3. The zero-order valence-corrected chi connectivity index (χ0v) is 18.4. The molecule has 2 aliphatic rings. The standard InChI is InChI=1S/C21H30FN3O4S/c1-21(20(27)23-17-10-6-4-3-5-7-11-17)15-24(30(2,28)29)14-19(26)25(21)18-12-8-9-16(22)13-18/h8-9,12-13,17H,3-7,10-11,14-15H2,1-2H3,(H,23,27)/t21-/m0/s1. The zero-order chi connectivity index (χ0) is 21.9. The highest BCUT2D eigenvalue weighted by atomic mass is 32.2. The number of piperazine rings is 1. The molecule has 3 rings (SSSR count). The van der Waals surface area contributed by atoms with Crippen molar-refractivity contribution < 1.29 is 22.4 Å². The number of sulfonamides is 1. The molecule has 1 N–H and O–H groups in total. The van der Waals surface area contributed by atoms with Gasteiger partial charge in [-0.2, -0.15) is 4.31 Å². The van der Waals surface area contributed by atoms with Crippen molar-refractivity contribution in [3.8, 4) is 0 Å². The number of carbonyl (C=O) groups is 2. The molecule has 1 heterocycles. The van der Waals surface area contributed by atoms with Crippen LogP contribution in [0.1, 0.15) is 51.9 Å². The molecule has 0 aromatic heterocycles. The number of nitrogens with zero attached hydrogens (tertiary/aromatic N) is 2. The molecule has 0 spiro atoms. The van der Waals surface area contributed by atoms with Gasteiger partial charge < -0.3 is 5.32 Å². The predicted octanol–water partition coefficient (Wildman–Crippen LogP) is 2.42. The van der Waals surface area contributed by atoms with Crippen LogP contribution < -0.4 is 10.2 Å². The molecule has 1 aromatic carbocycles. The van der Waals surface area contributed by atoms with Crippen molar-refractivity contribution in [2.75, 3.05) is 24.2 Å². The van der Waals surface area contributed by atoms with Gasteiger partial charge in [-0.15, -0.1) is 0 Å². The zero-order valence-electron chi connectivity index (χ0n) is 17.6. The summed E-state index contributed by atoms with van der Waals surface area (Å²) in [5, 5.41) is 3.06. The third kappa shape index (κ3) is 5.00. The first kappa shape index (κ1) is 22.7. The quantitative estimate of drug-likeness (QED) is 0.781. The lowest BCUT2D eigenvalue weighted by Crippen LogP contribution is -2.70. The first-order chi connectivity index (χ1) is 14.1. The van der Waals surface area contributed by atoms with Crippen LogP contribution in [0.25, 0.3) is 0 Å². The van der Waals surface area contributed by atoms with Crippen LogP contribution in [0, 0.1) is 5.82 Å². The Balaban J connectivity index is 1.94. The number of carbonyl (C=O) groups excluding carboxylic acids is 2. The lowest BCUT2D eigenvalue weighted by Gasteiger charge is -2.47. The summed E-state index contributed by atoms with van der Waals surface area (Å²) < 4.78 is 39.2. The Hall–Kier alpha value is -2.00. The Kier molecular flexibility index (Phi) is 6.81. The molecule has 7 nitrogen and oxygen atoms in total. The fraction of sp³-hybridized carbons (Fsp3) is 0.619. The monoisotopic (exact) mass is 439 g/mol. The molecular formula is C21H30FN3O4S. The minimum Gasteiger partial charge on any atom is -0.351 e. The average molecular weight is 440 g/mol. The summed E-state index contributed by atoms with van der Waals surface area (Å²) in [6, 6.07) is 5.45. The second-order valence-corrected chi connectivity index (χ2v) is 10.5. The summed E-state index contributed by atoms with van der Waals surface area (Å²) in [6.45, 7) is 0.972. The van der Waals surface area contributed by atoms with Gasteiger partial charge in [0, 0.05) is 18.3 Å². The van der Waals surface area contributed by atoms with Crippen LogP contribution in [0.3, 0.4) is 0 Å². The van der Waals surface area contributed by atoms with Crippen LogP contribution in [-0.4, -0.2) is 55.5 Å². The van der Waals surface area contributed by atoms with E-state index >= 15 is 0 Å². The molecular weight excluding hydrogens is 409 g/mol. The predicted molar refractivity (Wildman–Crippen MR) is 113 cm³/mol. The summed E-state index contributed by atoms with van der Waals surface area (Å²) in [5.41, 5.74) is -1.25. The Morgan fingerprint density at radius 2 is 1.80 bits per heavy atom. The number of nitrogens with one attached hydrogen (secondary N) is 1. The van der Waals surface area contributed by atoms with Gasteiger partial charge in [-0.05, 0) is 38.0 Å². The molecule has 2 fully saturated rings. The van der Waals surface area contributed by atoms with E-state index in [1.807, 2.05) is 0 Å². The maximum atomic E-state index is 13.9. The Labute approximate surface area is 177 Å². The summed E-state index contributed by atoms with van der Waals surface area (Å²) in [7, 11) is -3.69. The molecule has 2 amide bonds. The molecule has 1 aliphatic heterocycles. The van der Waals surface area contributed by atoms with Crippen LogP contribution in [-0.2, 0) is 19.6 Å². The second kappa shape index (κ2) is 9.01. The highest BCUT2D eigenvalue weighted by molar-refractivity contribution is 7.88. The first-order valence-electron chi connectivity index (χ1n) is 10.5. The van der Waals surface area contributed by atoms with E-state index in [4.69, 9.17) is 0 Å². The molecule has 0 radical (unpaired) electrons. The van der Waals surface area contributed by atoms with Crippen LogP contribution in [0.4, 0.5) is 10.1 Å². The van der Waals surface area contributed by atoms with E-state index in [1.165, 1.54) is 29.5 Å². The fourth-order valence-electron chi connectivity index (χ4n) is 4.36. The highest BCUT2D eigenvalue weighted by Crippen LogP contribution is 2.31. The summed E-state index contributed by atoms with van der Waals surface area (Å²) in [5.74, 6) is -1.51. The highest BCUT2D eigenvalue weighted by Gasteiger charge is 2.50. The summed E-state index contributed by atoms with van der Waals surface area (Å²) in [6.07, 6.45) is 8.21. The van der Waals surface area contributed by atoms with Gasteiger partial charge in [0.15, 0.2) is 0 Å². The Bertz CT molecular complexity index is 899. The number of benzene rings is 1. The van der Waals surface area contributed by atoms with Gasteiger partial charge in [-0.1, -0.05) is 38.2 Å². The van der Waals surface area contributed by atoms with Crippen molar-refractivity contribution in [2.45, 2.75) is 63.5 Å². The molecule has 1 aromatic rings. The summed E-state index contributed by atoms with van der Waals surface area (Å²) in [4.78, 5) is 27.7. The molecule has 166 valence electrons. The molecule has 0 unspecified atom stereocenters. The number of hydrogen-bond acceptors (Lipinski definition) is 4. The molecule has 0 bridgehead atoms. The smallest absolute Gasteiger partial charge is 0.247 e. The number of hydrogen-bond donors (Lipinski definition) is 1. The van der Waals surface area contributed by atoms with Crippen LogP contribution in [0.2, 0.25) is 0 Å². The molecule has 1 saturated carbocycles. The number of halogens is 1. The van der Waals surface area contributed by atoms with Gasteiger partial charge in [-0.25, -0.2) is 12.8 Å². The van der Waals surface area contributed by atoms with Gasteiger partial charge in [0.2, 0.25) is 21.8 Å². The van der Waals surface area contributed by atoms with Crippen LogP contribution >= 0.6 is 0 Å². The van der Waals surface area contributed by atoms with Crippen molar-refractivity contribution in [1.29, 1.82) is 0 Å². The largest absolute Gasteiger partial charge is 0.351 e. The van der Waals surface area contributed by atoms with Crippen molar-refractivity contribution >= 4 is 27.5 Å². The topological polar surface area (TPSA) is 86.8 Å². The minimum atomic E-state index is -3.69. The molecule has 1 atom stereocenters. The molecule has 30 heavy (non-hydrogen) atoms. The van der Waals surface area contributed by atoms with Gasteiger partial charge in [0.05, 0.1) is 12.8 Å². The van der Waals surface area contributed by atoms with Gasteiger partial charge in [0.1, 0.15) is 11.4 Å². The number of amides is 2. The van der Waals surface area contributed by atoms with E-state index < -0.39 is 33.2 Å². The van der Waals surface area contributed by atoms with Crippen LogP contribution in [0.5, 0.6) is 0 Å². The number of anilines is 1. The minimum absolute atomic E-state index is 0.0207. The molecule has 9 heteroatoms. The number of rotatable bonds is 4. The van der Waals surface area contributed by atoms with Crippen molar-refractivity contribution in [3.05, 3.63) is 30.1 Å². The SMILES string of the molecule is C[C@@]1(C(=O)NC2CCCCCCC2)CN(S(C)(=O)=O)CC(=O)N1c1cccc(F)c1. The van der Waals surface area contributed by atoms with E-state index in [2.05, 4.69) is 5.32 Å². The molecule has 1 saturated heterocycles. The van der Waals surface area contributed by atoms with Gasteiger partial charge >= 0.3 is 0 Å². The summed E-state index contributed by atoms with van der Waals surface area (Å²) >= 11 is 0. The average Bonchev–Trinajstić information content (AvgIpc) is 2.62. The van der Waals surface area contributed by atoms with E-state index in [-0.39, 0.29) is 24.8 Å². The third-order valence-corrected chi connectivity index (χ3v) is 7.20. The third-order valence-electron chi connectivity index (χ3n) is 6.00. The van der Waals surface area contributed by atoms with Crippen molar-refractivity contribution in [2.24, 2.45) is 0 Å². The van der Waals surface area contributed by atoms with Gasteiger partial charge in [-0.3, -0.25) is 14.5 Å². The molecule has 1 aliphatic carbocycles. The Morgan fingerprint density at radius 3 is 2.40 bits per heavy atom. The van der Waals surface area contributed by atoms with E-state index in [0.717, 1.165) is 49.1 Å². The lowest BCUT2D eigenvalue weighted by molar-refractivity contribution is -0.133. The van der Waals surface area contributed by atoms with Crippen molar-refractivity contribution in [1.82, 2.24) is 9.62 Å². The van der Waals surface area contributed by atoms with E-state index in [9.17, 15) is 22.4 Å². The fourth-order valence-corrected chi connectivity index (χ4v) is 5.19. The maximum absolute atomic E-state index is 13.9. The van der Waals surface area contributed by atoms with E-state index in [1.54, 1.807) is 13.0 Å². The van der Waals surface area contributed by atoms with Gasteiger partial charge in [0.25, 0.3) is 0 Å². The maximum Gasteiger partial charge on any atom is 0.247 e.